The van der Waals surface area contributed by atoms with Gasteiger partial charge in [-0.3, -0.25) is 0 Å². The lowest BCUT2D eigenvalue weighted by atomic mass is 9.89. The van der Waals surface area contributed by atoms with Crippen LogP contribution in [0.4, 0.5) is 0 Å². The molecule has 0 radical (unpaired) electrons. The first-order valence-corrected chi connectivity index (χ1v) is 7.67. The number of nitrogens with zero attached hydrogens (tertiary/aromatic N) is 1. The van der Waals surface area contributed by atoms with Crippen molar-refractivity contribution in [2.75, 3.05) is 13.2 Å². The summed E-state index contributed by atoms with van der Waals surface area (Å²) in [5, 5.41) is 19.3. The lowest BCUT2D eigenvalue weighted by Gasteiger charge is -2.42. The van der Waals surface area contributed by atoms with Crippen LogP contribution >= 0.6 is 0 Å². The van der Waals surface area contributed by atoms with Crippen LogP contribution in [-0.4, -0.2) is 48.0 Å². The molecule has 6 nitrogen and oxygen atoms in total. The highest BCUT2D eigenvalue weighted by Crippen LogP contribution is 2.39. The van der Waals surface area contributed by atoms with Crippen LogP contribution in [0.5, 0.6) is 0 Å². The summed E-state index contributed by atoms with van der Waals surface area (Å²) in [6.45, 7) is 3.65. The van der Waals surface area contributed by atoms with Crippen molar-refractivity contribution in [3.05, 3.63) is 35.9 Å². The zero-order chi connectivity index (χ0) is 16.5. The van der Waals surface area contributed by atoms with Crippen molar-refractivity contribution in [3.63, 3.8) is 0 Å². The van der Waals surface area contributed by atoms with Gasteiger partial charge in [-0.1, -0.05) is 30.3 Å². The molecule has 0 spiro atoms. The lowest BCUT2D eigenvalue weighted by Crippen LogP contribution is -2.62. The monoisotopic (exact) mass is 319 g/mol. The second kappa shape index (κ2) is 6.19. The molecule has 2 aliphatic rings. The first kappa shape index (κ1) is 16.4. The number of aliphatic hydroxyl groups excluding tert-OH is 1. The summed E-state index contributed by atoms with van der Waals surface area (Å²) in [6.07, 6.45) is -1.52. The number of ether oxygens (including phenoxy) is 4. The van der Waals surface area contributed by atoms with Gasteiger partial charge in [0, 0.05) is 0 Å². The fraction of sp³-hybridized carbons (Fsp3) is 0.588. The van der Waals surface area contributed by atoms with Gasteiger partial charge in [0.2, 0.25) is 5.60 Å². The molecule has 2 aliphatic heterocycles. The Morgan fingerprint density at radius 1 is 1.30 bits per heavy atom. The van der Waals surface area contributed by atoms with E-state index >= 15 is 0 Å². The molecule has 0 saturated carbocycles. The minimum atomic E-state index is -1.44. The summed E-state index contributed by atoms with van der Waals surface area (Å²) in [5.41, 5.74) is -0.475. The SMILES string of the molecule is CC1(C)O[C@@H]2[C@@H](CO[C@](C#N)(CO)[C@H]2OCc2ccccc2)O1. The van der Waals surface area contributed by atoms with E-state index < -0.39 is 30.2 Å². The van der Waals surface area contributed by atoms with E-state index in [0.29, 0.717) is 6.61 Å². The third-order valence-corrected chi connectivity index (χ3v) is 4.18. The van der Waals surface area contributed by atoms with Crippen LogP contribution in [0.2, 0.25) is 0 Å². The number of nitriles is 1. The van der Waals surface area contributed by atoms with Gasteiger partial charge in [0.15, 0.2) is 5.79 Å². The summed E-state index contributed by atoms with van der Waals surface area (Å²) in [4.78, 5) is 0. The topological polar surface area (TPSA) is 80.9 Å². The molecule has 0 aliphatic carbocycles. The maximum atomic E-state index is 9.74. The molecule has 2 heterocycles. The fourth-order valence-electron chi connectivity index (χ4n) is 3.08. The van der Waals surface area contributed by atoms with E-state index in [-0.39, 0.29) is 12.7 Å². The van der Waals surface area contributed by atoms with Crippen molar-refractivity contribution in [2.45, 2.75) is 50.2 Å². The maximum Gasteiger partial charge on any atom is 0.205 e. The number of rotatable bonds is 4. The summed E-state index contributed by atoms with van der Waals surface area (Å²) >= 11 is 0. The summed E-state index contributed by atoms with van der Waals surface area (Å²) < 4.78 is 23.3. The minimum absolute atomic E-state index is 0.188. The maximum absolute atomic E-state index is 9.74. The van der Waals surface area contributed by atoms with E-state index in [0.717, 1.165) is 5.56 Å². The Morgan fingerprint density at radius 2 is 2.04 bits per heavy atom. The Labute approximate surface area is 135 Å². The van der Waals surface area contributed by atoms with E-state index in [1.54, 1.807) is 0 Å². The highest BCUT2D eigenvalue weighted by atomic mass is 16.8. The first-order valence-electron chi connectivity index (χ1n) is 7.67. The predicted molar refractivity (Wildman–Crippen MR) is 80.2 cm³/mol. The molecule has 6 heteroatoms. The molecule has 1 aromatic rings. The van der Waals surface area contributed by atoms with Gasteiger partial charge in [-0.15, -0.1) is 0 Å². The molecule has 1 aromatic carbocycles. The van der Waals surface area contributed by atoms with E-state index in [2.05, 4.69) is 6.07 Å². The number of aliphatic hydroxyl groups is 1. The first-order chi connectivity index (χ1) is 11.0. The Bertz CT molecular complexity index is 584. The highest BCUT2D eigenvalue weighted by molar-refractivity contribution is 5.17. The third kappa shape index (κ3) is 3.11. The van der Waals surface area contributed by atoms with Crippen LogP contribution in [0, 0.1) is 11.3 Å². The van der Waals surface area contributed by atoms with E-state index in [9.17, 15) is 10.4 Å². The Morgan fingerprint density at radius 3 is 2.70 bits per heavy atom. The lowest BCUT2D eigenvalue weighted by molar-refractivity contribution is -0.219. The number of hydrogen-bond donors (Lipinski definition) is 1. The van der Waals surface area contributed by atoms with Crippen molar-refractivity contribution in [1.29, 1.82) is 5.26 Å². The van der Waals surface area contributed by atoms with Crippen molar-refractivity contribution in [1.82, 2.24) is 0 Å². The smallest absolute Gasteiger partial charge is 0.205 e. The average Bonchev–Trinajstić information content (AvgIpc) is 2.87. The van der Waals surface area contributed by atoms with Gasteiger partial charge in [0.25, 0.3) is 0 Å². The molecule has 4 atom stereocenters. The molecule has 2 saturated heterocycles. The standard InChI is InChI=1S/C17H21NO5/c1-16(2)22-13-9-21-17(10-18,11-19)15(14(13)23-16)20-8-12-6-4-3-5-7-12/h3-7,13-15,19H,8-9,11H2,1-2H3/t13-,14-,15+,17-/m1/s1. The normalized spacial score (nSPS) is 35.5. The van der Waals surface area contributed by atoms with Gasteiger partial charge in [-0.25, -0.2) is 0 Å². The predicted octanol–water partition coefficient (Wildman–Crippen LogP) is 1.38. The van der Waals surface area contributed by atoms with Gasteiger partial charge in [-0.05, 0) is 19.4 Å². The highest BCUT2D eigenvalue weighted by Gasteiger charge is 2.58. The Balaban J connectivity index is 1.82. The van der Waals surface area contributed by atoms with E-state index in [1.807, 2.05) is 44.2 Å². The molecule has 2 fully saturated rings. The summed E-state index contributed by atoms with van der Waals surface area (Å²) in [5.74, 6) is -0.770. The van der Waals surface area contributed by atoms with Crippen molar-refractivity contribution in [3.8, 4) is 6.07 Å². The third-order valence-electron chi connectivity index (χ3n) is 4.18. The molecule has 0 unspecified atom stereocenters. The fourth-order valence-corrected chi connectivity index (χ4v) is 3.08. The van der Waals surface area contributed by atoms with Crippen LogP contribution in [0.15, 0.2) is 30.3 Å². The average molecular weight is 319 g/mol. The molecule has 0 amide bonds. The minimum Gasteiger partial charge on any atom is -0.392 e. The van der Waals surface area contributed by atoms with E-state index in [4.69, 9.17) is 18.9 Å². The van der Waals surface area contributed by atoms with Gasteiger partial charge in [-0.2, -0.15) is 5.26 Å². The number of hydrogen-bond acceptors (Lipinski definition) is 6. The molecule has 3 rings (SSSR count). The largest absolute Gasteiger partial charge is 0.392 e. The molecular weight excluding hydrogens is 298 g/mol. The van der Waals surface area contributed by atoms with Gasteiger partial charge in [0.1, 0.15) is 24.4 Å². The number of fused-ring (bicyclic) bond motifs is 1. The summed E-state index contributed by atoms with van der Waals surface area (Å²) in [7, 11) is 0. The van der Waals surface area contributed by atoms with Crippen molar-refractivity contribution in [2.24, 2.45) is 0 Å². The van der Waals surface area contributed by atoms with Crippen LogP contribution in [0.25, 0.3) is 0 Å². The van der Waals surface area contributed by atoms with Crippen LogP contribution in [0.1, 0.15) is 19.4 Å². The Hall–Kier alpha value is -1.49. The zero-order valence-corrected chi connectivity index (χ0v) is 13.3. The number of benzene rings is 1. The van der Waals surface area contributed by atoms with Gasteiger partial charge >= 0.3 is 0 Å². The zero-order valence-electron chi connectivity index (χ0n) is 13.3. The van der Waals surface area contributed by atoms with Crippen molar-refractivity contribution < 1.29 is 24.1 Å². The van der Waals surface area contributed by atoms with Crippen molar-refractivity contribution >= 4 is 0 Å². The quantitative estimate of drug-likeness (QED) is 0.903. The summed E-state index contributed by atoms with van der Waals surface area (Å²) in [6, 6.07) is 11.7. The molecular formula is C17H21NO5. The van der Waals surface area contributed by atoms with Gasteiger partial charge in [0.05, 0.1) is 19.8 Å². The second-order valence-electron chi connectivity index (χ2n) is 6.33. The molecule has 23 heavy (non-hydrogen) atoms. The van der Waals surface area contributed by atoms with Gasteiger partial charge < -0.3 is 24.1 Å². The van der Waals surface area contributed by atoms with Crippen LogP contribution < -0.4 is 0 Å². The molecule has 0 aromatic heterocycles. The van der Waals surface area contributed by atoms with Crippen LogP contribution in [-0.2, 0) is 25.6 Å². The van der Waals surface area contributed by atoms with Crippen LogP contribution in [0.3, 0.4) is 0 Å². The second-order valence-corrected chi connectivity index (χ2v) is 6.33. The molecule has 0 bridgehead atoms. The Kier molecular flexibility index (Phi) is 4.41. The molecule has 124 valence electrons. The van der Waals surface area contributed by atoms with E-state index in [1.165, 1.54) is 0 Å². The molecule has 1 N–H and O–H groups in total.